The highest BCUT2D eigenvalue weighted by atomic mass is 31.2. The molecule has 0 heterocycles. The Morgan fingerprint density at radius 1 is 0.794 bits per heavy atom. The van der Waals surface area contributed by atoms with Crippen molar-refractivity contribution in [3.8, 4) is 0 Å². The first-order chi connectivity index (χ1) is 16.3. The maximum atomic E-state index is 11.7. The van der Waals surface area contributed by atoms with Crippen molar-refractivity contribution in [2.75, 3.05) is 47.5 Å². The average Bonchev–Trinajstić information content (AvgIpc) is 2.76. The maximum absolute atomic E-state index is 11.7. The SMILES string of the molecule is CCCCCCCCCCCCCCCCC(COP(O)OCC[N+](C)(C)C)OC(=O)OCC. The predicted molar refractivity (Wildman–Crippen MR) is 141 cm³/mol. The van der Waals surface area contributed by atoms with Crippen LogP contribution in [0.5, 0.6) is 0 Å². The lowest BCUT2D eigenvalue weighted by Crippen LogP contribution is -2.37. The van der Waals surface area contributed by atoms with Crippen LogP contribution in [0.2, 0.25) is 0 Å². The fourth-order valence-electron chi connectivity index (χ4n) is 3.61. The van der Waals surface area contributed by atoms with Crippen molar-refractivity contribution in [1.82, 2.24) is 0 Å². The normalized spacial score (nSPS) is 13.6. The number of nitrogens with zero attached hydrogens (tertiary/aromatic N) is 1. The first-order valence-corrected chi connectivity index (χ1v) is 14.8. The molecule has 7 nitrogen and oxygen atoms in total. The minimum atomic E-state index is -1.98. The van der Waals surface area contributed by atoms with Crippen LogP contribution in [0.1, 0.15) is 110 Å². The van der Waals surface area contributed by atoms with Gasteiger partial charge in [0.2, 0.25) is 0 Å². The second-order valence-corrected chi connectivity index (χ2v) is 11.2. The summed E-state index contributed by atoms with van der Waals surface area (Å²) in [6.07, 6.45) is 17.8. The van der Waals surface area contributed by atoms with Crippen molar-refractivity contribution >= 4 is 14.8 Å². The third kappa shape index (κ3) is 24.7. The molecule has 0 saturated carbocycles. The van der Waals surface area contributed by atoms with Gasteiger partial charge in [0.05, 0.1) is 34.4 Å². The van der Waals surface area contributed by atoms with Crippen LogP contribution in [-0.4, -0.2) is 69.1 Å². The Morgan fingerprint density at radius 3 is 1.76 bits per heavy atom. The Hall–Kier alpha value is -0.460. The standard InChI is InChI=1S/C26H55NO6P/c1-6-8-9-10-11-12-13-14-15-16-17-18-19-20-21-25(33-26(28)30-7-2)24-32-34(29)31-23-22-27(3,4)5/h25,29H,6-24H2,1-5H3/q+1. The lowest BCUT2D eigenvalue weighted by molar-refractivity contribution is -0.870. The minimum Gasteiger partial charge on any atom is -0.435 e. The first kappa shape index (κ1) is 33.5. The number of ether oxygens (including phenoxy) is 2. The summed E-state index contributed by atoms with van der Waals surface area (Å²) in [4.78, 5) is 21.7. The second-order valence-electron chi connectivity index (χ2n) is 10.2. The van der Waals surface area contributed by atoms with E-state index in [4.69, 9.17) is 18.5 Å². The lowest BCUT2D eigenvalue weighted by Gasteiger charge is -2.24. The highest BCUT2D eigenvalue weighted by molar-refractivity contribution is 7.40. The van der Waals surface area contributed by atoms with E-state index in [0.717, 1.165) is 23.9 Å². The zero-order valence-corrected chi connectivity index (χ0v) is 23.8. The van der Waals surface area contributed by atoms with E-state index in [1.807, 2.05) is 0 Å². The van der Waals surface area contributed by atoms with Gasteiger partial charge in [-0.2, -0.15) is 0 Å². The molecule has 8 heteroatoms. The van der Waals surface area contributed by atoms with Crippen molar-refractivity contribution < 1.29 is 32.7 Å². The van der Waals surface area contributed by atoms with E-state index in [0.29, 0.717) is 13.0 Å². The van der Waals surface area contributed by atoms with E-state index >= 15 is 0 Å². The van der Waals surface area contributed by atoms with Crippen molar-refractivity contribution in [2.24, 2.45) is 0 Å². The Kier molecular flexibility index (Phi) is 22.7. The Balaban J connectivity index is 3.89. The third-order valence-electron chi connectivity index (χ3n) is 5.74. The monoisotopic (exact) mass is 508 g/mol. The molecule has 0 spiro atoms. The van der Waals surface area contributed by atoms with Crippen LogP contribution in [0, 0.1) is 0 Å². The number of quaternary nitrogens is 1. The van der Waals surface area contributed by atoms with E-state index in [9.17, 15) is 9.69 Å². The Morgan fingerprint density at radius 2 is 1.29 bits per heavy atom. The molecule has 1 N–H and O–H groups in total. The van der Waals surface area contributed by atoms with E-state index < -0.39 is 20.9 Å². The summed E-state index contributed by atoms with van der Waals surface area (Å²) in [5.41, 5.74) is 0. The molecule has 0 aromatic rings. The van der Waals surface area contributed by atoms with Crippen LogP contribution < -0.4 is 0 Å². The van der Waals surface area contributed by atoms with Crippen LogP contribution in [0.3, 0.4) is 0 Å². The van der Waals surface area contributed by atoms with E-state index in [2.05, 4.69) is 28.1 Å². The Labute approximate surface area is 211 Å². The average molecular weight is 509 g/mol. The van der Waals surface area contributed by atoms with Crippen molar-refractivity contribution in [1.29, 1.82) is 0 Å². The number of carbonyl (C=O) groups excluding carboxylic acids is 1. The molecule has 0 aliphatic carbocycles. The quantitative estimate of drug-likeness (QED) is 0.0635. The van der Waals surface area contributed by atoms with Gasteiger partial charge in [-0.1, -0.05) is 90.4 Å². The molecule has 0 saturated heterocycles. The number of likely N-dealkylation sites (N-methyl/N-ethyl adjacent to an activating group) is 1. The molecule has 0 amide bonds. The van der Waals surface area contributed by atoms with Crippen molar-refractivity contribution in [3.05, 3.63) is 0 Å². The van der Waals surface area contributed by atoms with Gasteiger partial charge in [-0.25, -0.2) is 4.79 Å². The largest absolute Gasteiger partial charge is 0.508 e. The van der Waals surface area contributed by atoms with Crippen molar-refractivity contribution in [3.63, 3.8) is 0 Å². The molecular weight excluding hydrogens is 453 g/mol. The minimum absolute atomic E-state index is 0.115. The van der Waals surface area contributed by atoms with Gasteiger partial charge in [-0.05, 0) is 19.8 Å². The summed E-state index contributed by atoms with van der Waals surface area (Å²) in [5.74, 6) is 0. The number of hydrogen-bond acceptors (Lipinski definition) is 6. The van der Waals surface area contributed by atoms with E-state index in [-0.39, 0.29) is 13.2 Å². The summed E-state index contributed by atoms with van der Waals surface area (Å²) in [7, 11) is 4.20. The van der Waals surface area contributed by atoms with Crippen LogP contribution in [0.25, 0.3) is 0 Å². The number of rotatable bonds is 24. The molecule has 204 valence electrons. The van der Waals surface area contributed by atoms with Crippen molar-refractivity contribution in [2.45, 2.75) is 116 Å². The summed E-state index contributed by atoms with van der Waals surface area (Å²) < 4.78 is 21.8. The first-order valence-electron chi connectivity index (χ1n) is 13.7. The fraction of sp³-hybridized carbons (Fsp3) is 0.962. The maximum Gasteiger partial charge on any atom is 0.508 e. The molecule has 0 aromatic carbocycles. The van der Waals surface area contributed by atoms with E-state index in [1.165, 1.54) is 77.0 Å². The van der Waals surface area contributed by atoms with Gasteiger partial charge in [-0.3, -0.25) is 0 Å². The molecule has 0 aliphatic heterocycles. The summed E-state index contributed by atoms with van der Waals surface area (Å²) >= 11 is 0. The molecule has 0 bridgehead atoms. The van der Waals surface area contributed by atoms with Crippen LogP contribution in [0.15, 0.2) is 0 Å². The molecule has 2 unspecified atom stereocenters. The van der Waals surface area contributed by atoms with Crippen LogP contribution in [-0.2, 0) is 18.5 Å². The highest BCUT2D eigenvalue weighted by Gasteiger charge is 2.19. The topological polar surface area (TPSA) is 74.2 Å². The highest BCUT2D eigenvalue weighted by Crippen LogP contribution is 2.33. The predicted octanol–water partition coefficient (Wildman–Crippen LogP) is 7.36. The van der Waals surface area contributed by atoms with Crippen LogP contribution in [0.4, 0.5) is 4.79 Å². The van der Waals surface area contributed by atoms with Gasteiger partial charge in [0, 0.05) is 0 Å². The van der Waals surface area contributed by atoms with Gasteiger partial charge in [-0.15, -0.1) is 0 Å². The zero-order valence-electron chi connectivity index (χ0n) is 22.9. The molecule has 0 fully saturated rings. The molecule has 0 rings (SSSR count). The molecular formula is C26H55NO6P+. The third-order valence-corrected chi connectivity index (χ3v) is 6.51. The van der Waals surface area contributed by atoms with Gasteiger partial charge in [0.1, 0.15) is 19.3 Å². The summed E-state index contributed by atoms with van der Waals surface area (Å²) in [5, 5.41) is 0. The molecule has 2 atom stereocenters. The molecule has 0 aliphatic rings. The van der Waals surface area contributed by atoms with Gasteiger partial charge in [0.25, 0.3) is 0 Å². The van der Waals surface area contributed by atoms with Gasteiger partial charge < -0.3 is 27.9 Å². The second kappa shape index (κ2) is 23.0. The van der Waals surface area contributed by atoms with Gasteiger partial charge in [0.15, 0.2) is 0 Å². The smallest absolute Gasteiger partial charge is 0.435 e. The van der Waals surface area contributed by atoms with Gasteiger partial charge >= 0.3 is 14.8 Å². The number of carbonyl (C=O) groups is 1. The van der Waals surface area contributed by atoms with E-state index in [1.54, 1.807) is 6.92 Å². The lowest BCUT2D eigenvalue weighted by atomic mass is 10.0. The fourth-order valence-corrected chi connectivity index (χ4v) is 4.21. The Bertz CT molecular complexity index is 461. The molecule has 0 radical (unpaired) electrons. The van der Waals surface area contributed by atoms with Crippen LogP contribution >= 0.6 is 8.60 Å². The number of unbranched alkanes of at least 4 members (excludes halogenated alkanes) is 13. The molecule has 0 aromatic heterocycles. The number of hydrogen-bond donors (Lipinski definition) is 1. The zero-order chi connectivity index (χ0) is 25.5. The summed E-state index contributed by atoms with van der Waals surface area (Å²) in [6, 6.07) is 0. The summed E-state index contributed by atoms with van der Waals surface area (Å²) in [6.45, 7) is 5.57. The molecule has 34 heavy (non-hydrogen) atoms.